The number of benzene rings is 5. The van der Waals surface area contributed by atoms with Gasteiger partial charge >= 0.3 is 0 Å². The molecular weight excluding hydrogens is 592 g/mol. The van der Waals surface area contributed by atoms with Crippen LogP contribution in [0.3, 0.4) is 0 Å². The van der Waals surface area contributed by atoms with Gasteiger partial charge in [0.25, 0.3) is 0 Å². The molecule has 5 aromatic carbocycles. The predicted molar refractivity (Wildman–Crippen MR) is 202 cm³/mol. The molecule has 0 N–H and O–H groups in total. The monoisotopic (exact) mass is 642 g/mol. The fraction of sp³-hybridized carbons (Fsp3) is 0.409. The van der Waals surface area contributed by atoms with Crippen molar-refractivity contribution in [2.75, 3.05) is 0 Å². The first-order valence-corrected chi connectivity index (χ1v) is 18.1. The van der Waals surface area contributed by atoms with Crippen LogP contribution >= 0.6 is 0 Å². The third-order valence-electron chi connectivity index (χ3n) is 10.7. The molecule has 0 heterocycles. The second-order valence-electron chi connectivity index (χ2n) is 13.6. The van der Waals surface area contributed by atoms with E-state index in [1.807, 2.05) is 0 Å². The summed E-state index contributed by atoms with van der Waals surface area (Å²) in [6.45, 7) is 12.9. The molecule has 0 aliphatic heterocycles. The number of hydrogen-bond donors (Lipinski definition) is 0. The van der Waals surface area contributed by atoms with E-state index in [4.69, 9.17) is 0 Å². The number of unbranched alkanes of at least 4 members (excludes halogenated alkanes) is 4. The second kappa shape index (κ2) is 15.4. The van der Waals surface area contributed by atoms with Crippen molar-refractivity contribution in [1.82, 2.24) is 0 Å². The summed E-state index contributed by atoms with van der Waals surface area (Å²) in [6, 6.07) is 9.09. The third-order valence-corrected chi connectivity index (χ3v) is 10.7. The highest BCUT2D eigenvalue weighted by Crippen LogP contribution is 2.42. The zero-order valence-electron chi connectivity index (χ0n) is 29.7. The average Bonchev–Trinajstić information content (AvgIpc) is 3.11. The molecule has 0 aliphatic rings. The maximum atomic E-state index is 12.6. The van der Waals surface area contributed by atoms with Crippen molar-refractivity contribution in [3.63, 3.8) is 0 Å². The van der Waals surface area contributed by atoms with Gasteiger partial charge in [0.2, 0.25) is 0 Å². The molecule has 4 nitrogen and oxygen atoms in total. The topological polar surface area (TPSA) is 68.3 Å². The minimum atomic E-state index is 0.546. The molecule has 0 unspecified atom stereocenters. The number of carbonyl (C=O) groups is 4. The van der Waals surface area contributed by atoms with Crippen LogP contribution in [-0.4, -0.2) is 25.1 Å². The van der Waals surface area contributed by atoms with Gasteiger partial charge in [-0.3, -0.25) is 19.2 Å². The summed E-state index contributed by atoms with van der Waals surface area (Å²) in [6.07, 6.45) is 14.3. The van der Waals surface area contributed by atoms with Crippen molar-refractivity contribution in [2.24, 2.45) is 0 Å². The van der Waals surface area contributed by atoms with Crippen molar-refractivity contribution in [3.8, 4) is 0 Å². The van der Waals surface area contributed by atoms with Crippen molar-refractivity contribution < 1.29 is 19.2 Å². The molecule has 5 rings (SSSR count). The Morgan fingerprint density at radius 3 is 0.750 bits per heavy atom. The van der Waals surface area contributed by atoms with Gasteiger partial charge in [-0.2, -0.15) is 0 Å². The second-order valence-corrected chi connectivity index (χ2v) is 13.6. The van der Waals surface area contributed by atoms with Gasteiger partial charge in [-0.05, 0) is 166 Å². The summed E-state index contributed by atoms with van der Waals surface area (Å²) in [5.41, 5.74) is 8.39. The van der Waals surface area contributed by atoms with Crippen molar-refractivity contribution in [1.29, 1.82) is 0 Å². The largest absolute Gasteiger partial charge is 0.298 e. The van der Waals surface area contributed by atoms with Crippen LogP contribution in [0.2, 0.25) is 0 Å². The third kappa shape index (κ3) is 5.99. The molecule has 0 fully saturated rings. The van der Waals surface area contributed by atoms with E-state index in [2.05, 4.69) is 65.8 Å². The number of fused-ring (bicyclic) bond motifs is 4. The molecule has 0 amide bonds. The van der Waals surface area contributed by atoms with E-state index in [0.717, 1.165) is 179 Å². The van der Waals surface area contributed by atoms with Crippen LogP contribution in [0.5, 0.6) is 0 Å². The molecule has 0 aliphatic carbocycles. The lowest BCUT2D eigenvalue weighted by Gasteiger charge is -2.22. The molecule has 4 heteroatoms. The van der Waals surface area contributed by atoms with Crippen LogP contribution in [0.15, 0.2) is 24.3 Å². The summed E-state index contributed by atoms with van der Waals surface area (Å²) in [7, 11) is 0. The SMILES string of the molecule is CCCCc1c(C=O)c(C=O)c(CCCC)c2cc3c(C)c4cc5c(CCCC)c(C=O)c(C=O)c(CCCC)c5cc4c(C)c3cc12. The number of hydrogen-bond acceptors (Lipinski definition) is 4. The summed E-state index contributed by atoms with van der Waals surface area (Å²) < 4.78 is 0. The van der Waals surface area contributed by atoms with Crippen LogP contribution in [0.1, 0.15) is 154 Å². The fourth-order valence-electron chi connectivity index (χ4n) is 7.99. The number of carbonyl (C=O) groups excluding carboxylic acids is 4. The van der Waals surface area contributed by atoms with E-state index in [0.29, 0.717) is 22.3 Å². The first kappa shape index (κ1) is 35.1. The van der Waals surface area contributed by atoms with Crippen LogP contribution in [-0.2, 0) is 25.7 Å². The maximum absolute atomic E-state index is 12.6. The first-order chi connectivity index (χ1) is 23.3. The van der Waals surface area contributed by atoms with Crippen LogP contribution in [0, 0.1) is 13.8 Å². The minimum Gasteiger partial charge on any atom is -0.298 e. The number of aldehydes is 4. The summed E-state index contributed by atoms with van der Waals surface area (Å²) in [5, 5.41) is 8.85. The van der Waals surface area contributed by atoms with Gasteiger partial charge in [0.1, 0.15) is 0 Å². The van der Waals surface area contributed by atoms with Gasteiger partial charge in [0.05, 0.1) is 0 Å². The highest BCUT2D eigenvalue weighted by Gasteiger charge is 2.23. The molecule has 250 valence electrons. The average molecular weight is 643 g/mol. The standard InChI is InChI=1S/C44H50O4/c1-7-11-15-29-37-19-33-27(5)35-21-39-31(17-13-9-3)43(25-47)44(26-48)32(18-14-10-4)40(39)22-36(35)28(6)34(33)20-38(37)30(16-12-8-2)42(24-46)41(29)23-45/h19-26H,7-18H2,1-6H3. The van der Waals surface area contributed by atoms with E-state index in [-0.39, 0.29) is 0 Å². The Hall–Kier alpha value is -4.18. The number of rotatable bonds is 16. The first-order valence-electron chi connectivity index (χ1n) is 18.1. The molecule has 0 radical (unpaired) electrons. The molecule has 0 spiro atoms. The van der Waals surface area contributed by atoms with Gasteiger partial charge < -0.3 is 0 Å². The molecular formula is C44H50O4. The van der Waals surface area contributed by atoms with E-state index in [9.17, 15) is 19.2 Å². The normalized spacial score (nSPS) is 11.6. The zero-order valence-corrected chi connectivity index (χ0v) is 29.7. The Balaban J connectivity index is 1.99. The van der Waals surface area contributed by atoms with Gasteiger partial charge in [0, 0.05) is 22.3 Å². The number of aryl methyl sites for hydroxylation is 6. The Morgan fingerprint density at radius 2 is 0.583 bits per heavy atom. The summed E-state index contributed by atoms with van der Waals surface area (Å²) in [5.74, 6) is 0. The van der Waals surface area contributed by atoms with Crippen LogP contribution in [0.4, 0.5) is 0 Å². The van der Waals surface area contributed by atoms with Crippen molar-refractivity contribution in [2.45, 2.75) is 119 Å². The summed E-state index contributed by atoms with van der Waals surface area (Å²) in [4.78, 5) is 50.5. The van der Waals surface area contributed by atoms with Gasteiger partial charge in [0.15, 0.2) is 25.1 Å². The molecule has 0 saturated heterocycles. The van der Waals surface area contributed by atoms with Crippen molar-refractivity contribution >= 4 is 68.2 Å². The predicted octanol–water partition coefficient (Wildman–Crippen LogP) is 11.5. The molecule has 0 bridgehead atoms. The van der Waals surface area contributed by atoms with Crippen molar-refractivity contribution in [3.05, 3.63) is 79.9 Å². The Labute approximate surface area is 285 Å². The molecule has 0 saturated carbocycles. The quantitative estimate of drug-likeness (QED) is 0.0793. The smallest absolute Gasteiger partial charge is 0.151 e. The van der Waals surface area contributed by atoms with Gasteiger partial charge in [-0.1, -0.05) is 53.4 Å². The highest BCUT2D eigenvalue weighted by molar-refractivity contribution is 6.17. The molecule has 0 atom stereocenters. The fourth-order valence-corrected chi connectivity index (χ4v) is 7.99. The maximum Gasteiger partial charge on any atom is 0.151 e. The lowest BCUT2D eigenvalue weighted by atomic mass is 9.81. The van der Waals surface area contributed by atoms with E-state index < -0.39 is 0 Å². The Kier molecular flexibility index (Phi) is 11.2. The van der Waals surface area contributed by atoms with E-state index >= 15 is 0 Å². The Morgan fingerprint density at radius 1 is 0.375 bits per heavy atom. The highest BCUT2D eigenvalue weighted by atomic mass is 16.1. The summed E-state index contributed by atoms with van der Waals surface area (Å²) >= 11 is 0. The van der Waals surface area contributed by atoms with Crippen LogP contribution < -0.4 is 0 Å². The minimum absolute atomic E-state index is 0.546. The van der Waals surface area contributed by atoms with Gasteiger partial charge in [-0.25, -0.2) is 0 Å². The lowest BCUT2D eigenvalue weighted by Crippen LogP contribution is -2.07. The van der Waals surface area contributed by atoms with E-state index in [1.165, 1.54) is 0 Å². The van der Waals surface area contributed by atoms with E-state index in [1.54, 1.807) is 0 Å². The lowest BCUT2D eigenvalue weighted by molar-refractivity contribution is 0.109. The zero-order chi connectivity index (χ0) is 34.5. The Bertz CT molecular complexity index is 1770. The molecule has 0 aromatic heterocycles. The van der Waals surface area contributed by atoms with Crippen LogP contribution in [0.25, 0.3) is 43.1 Å². The molecule has 48 heavy (non-hydrogen) atoms. The van der Waals surface area contributed by atoms with Gasteiger partial charge in [-0.15, -0.1) is 0 Å². The molecule has 5 aromatic rings.